The van der Waals surface area contributed by atoms with E-state index in [-0.39, 0.29) is 11.9 Å². The van der Waals surface area contributed by atoms with E-state index in [1.165, 1.54) is 4.68 Å². The van der Waals surface area contributed by atoms with Crippen molar-refractivity contribution in [1.82, 2.24) is 19.7 Å². The molecule has 23 heavy (non-hydrogen) atoms. The van der Waals surface area contributed by atoms with E-state index in [9.17, 15) is 9.90 Å². The van der Waals surface area contributed by atoms with Crippen molar-refractivity contribution in [2.75, 3.05) is 5.73 Å². The minimum Gasteiger partial charge on any atom is -0.480 e. The second-order valence-electron chi connectivity index (χ2n) is 5.72. The summed E-state index contributed by atoms with van der Waals surface area (Å²) >= 11 is 0. The lowest BCUT2D eigenvalue weighted by atomic mass is 9.85. The minimum atomic E-state index is -0.936. The van der Waals surface area contributed by atoms with Crippen molar-refractivity contribution in [3.63, 3.8) is 0 Å². The number of benzene rings is 1. The summed E-state index contributed by atoms with van der Waals surface area (Å²) in [5, 5.41) is 14.8. The number of nitrogen functional groups attached to an aromatic ring is 1. The predicted octanol–water partition coefficient (Wildman–Crippen LogP) is 1.76. The van der Waals surface area contributed by atoms with Gasteiger partial charge in [-0.15, -0.1) is 5.10 Å². The SMILES string of the molecule is Nc1nc2n(n1)C(C(=O)O)C(c1cnc3ccccc3c1)CC2. The van der Waals surface area contributed by atoms with Gasteiger partial charge in [0, 0.05) is 23.9 Å². The molecule has 2 unspecified atom stereocenters. The lowest BCUT2D eigenvalue weighted by Gasteiger charge is -2.29. The van der Waals surface area contributed by atoms with Gasteiger partial charge in [0.05, 0.1) is 5.52 Å². The fourth-order valence-electron chi connectivity index (χ4n) is 3.30. The molecule has 1 aliphatic rings. The Morgan fingerprint density at radius 2 is 2.17 bits per heavy atom. The van der Waals surface area contributed by atoms with Gasteiger partial charge in [-0.25, -0.2) is 9.48 Å². The molecule has 0 fully saturated rings. The van der Waals surface area contributed by atoms with Gasteiger partial charge in [0.25, 0.3) is 0 Å². The Morgan fingerprint density at radius 3 is 3.00 bits per heavy atom. The number of anilines is 1. The summed E-state index contributed by atoms with van der Waals surface area (Å²) in [6.45, 7) is 0. The smallest absolute Gasteiger partial charge is 0.329 e. The number of hydrogen-bond acceptors (Lipinski definition) is 5. The van der Waals surface area contributed by atoms with Crippen LogP contribution >= 0.6 is 0 Å². The second-order valence-corrected chi connectivity index (χ2v) is 5.72. The molecule has 0 bridgehead atoms. The number of fused-ring (bicyclic) bond motifs is 2. The normalized spacial score (nSPS) is 20.3. The summed E-state index contributed by atoms with van der Waals surface area (Å²) in [6.07, 6.45) is 3.08. The van der Waals surface area contributed by atoms with Gasteiger partial charge in [-0.1, -0.05) is 18.2 Å². The second kappa shape index (κ2) is 5.05. The molecule has 0 spiro atoms. The molecule has 2 aromatic heterocycles. The number of carboxylic acids is 1. The highest BCUT2D eigenvalue weighted by atomic mass is 16.4. The largest absolute Gasteiger partial charge is 0.480 e. The average molecular weight is 309 g/mol. The fraction of sp³-hybridized carbons (Fsp3) is 0.250. The number of para-hydroxylation sites is 1. The number of hydrogen-bond donors (Lipinski definition) is 2. The van der Waals surface area contributed by atoms with Gasteiger partial charge in [-0.2, -0.15) is 4.98 Å². The molecular weight excluding hydrogens is 294 g/mol. The number of nitrogens with two attached hydrogens (primary N) is 1. The average Bonchev–Trinajstić information content (AvgIpc) is 2.93. The summed E-state index contributed by atoms with van der Waals surface area (Å²) in [5.74, 6) is -0.407. The Balaban J connectivity index is 1.81. The van der Waals surface area contributed by atoms with Crippen molar-refractivity contribution in [2.45, 2.75) is 24.8 Å². The van der Waals surface area contributed by atoms with E-state index < -0.39 is 12.0 Å². The number of pyridine rings is 1. The minimum absolute atomic E-state index is 0.114. The predicted molar refractivity (Wildman–Crippen MR) is 83.9 cm³/mol. The van der Waals surface area contributed by atoms with Crippen LogP contribution < -0.4 is 5.73 Å². The van der Waals surface area contributed by atoms with Crippen LogP contribution in [0.3, 0.4) is 0 Å². The molecular formula is C16H15N5O2. The summed E-state index contributed by atoms with van der Waals surface area (Å²) in [4.78, 5) is 20.4. The molecule has 1 aromatic carbocycles. The van der Waals surface area contributed by atoms with Crippen molar-refractivity contribution in [3.05, 3.63) is 47.9 Å². The highest BCUT2D eigenvalue weighted by Crippen LogP contribution is 2.38. The Kier molecular flexibility index (Phi) is 3.00. The zero-order valence-corrected chi connectivity index (χ0v) is 12.3. The Morgan fingerprint density at radius 1 is 1.35 bits per heavy atom. The third-order valence-corrected chi connectivity index (χ3v) is 4.33. The maximum Gasteiger partial charge on any atom is 0.329 e. The summed E-state index contributed by atoms with van der Waals surface area (Å²) < 4.78 is 1.45. The lowest BCUT2D eigenvalue weighted by Crippen LogP contribution is -2.32. The fourth-order valence-corrected chi connectivity index (χ4v) is 3.30. The molecule has 116 valence electrons. The van der Waals surface area contributed by atoms with E-state index in [1.807, 2.05) is 30.3 Å². The number of carboxylic acid groups (broad SMARTS) is 1. The molecule has 3 aromatic rings. The Bertz CT molecular complexity index is 904. The molecule has 0 radical (unpaired) electrons. The van der Waals surface area contributed by atoms with Gasteiger partial charge in [0.1, 0.15) is 5.82 Å². The first-order valence-electron chi connectivity index (χ1n) is 7.42. The number of aryl methyl sites for hydroxylation is 1. The molecule has 3 heterocycles. The number of aliphatic carboxylic acids is 1. The summed E-state index contributed by atoms with van der Waals surface area (Å²) in [6, 6.07) is 8.98. The van der Waals surface area contributed by atoms with Crippen molar-refractivity contribution >= 4 is 22.8 Å². The Labute approximate surface area is 131 Å². The number of carbonyl (C=O) groups is 1. The van der Waals surface area contributed by atoms with E-state index >= 15 is 0 Å². The van der Waals surface area contributed by atoms with Crippen molar-refractivity contribution in [2.24, 2.45) is 0 Å². The molecule has 4 rings (SSSR count). The topological polar surface area (TPSA) is 107 Å². The maximum absolute atomic E-state index is 11.8. The maximum atomic E-state index is 11.8. The van der Waals surface area contributed by atoms with Crippen LogP contribution in [0.25, 0.3) is 10.9 Å². The zero-order chi connectivity index (χ0) is 16.0. The number of nitrogens with zero attached hydrogens (tertiary/aromatic N) is 4. The van der Waals surface area contributed by atoms with Crippen molar-refractivity contribution in [1.29, 1.82) is 0 Å². The van der Waals surface area contributed by atoms with Gasteiger partial charge in [0.15, 0.2) is 6.04 Å². The van der Waals surface area contributed by atoms with E-state index in [4.69, 9.17) is 5.73 Å². The number of rotatable bonds is 2. The van der Waals surface area contributed by atoms with Crippen molar-refractivity contribution in [3.8, 4) is 0 Å². The molecule has 0 aliphatic carbocycles. The third kappa shape index (κ3) is 2.21. The van der Waals surface area contributed by atoms with Gasteiger partial charge in [0.2, 0.25) is 5.95 Å². The van der Waals surface area contributed by atoms with Crippen LogP contribution in [0.2, 0.25) is 0 Å². The first-order valence-corrected chi connectivity index (χ1v) is 7.42. The monoisotopic (exact) mass is 309 g/mol. The molecule has 7 nitrogen and oxygen atoms in total. The molecule has 7 heteroatoms. The first kappa shape index (κ1) is 13.7. The van der Waals surface area contributed by atoms with Crippen LogP contribution in [0, 0.1) is 0 Å². The highest BCUT2D eigenvalue weighted by molar-refractivity contribution is 5.79. The lowest BCUT2D eigenvalue weighted by molar-refractivity contribution is -0.142. The molecule has 3 N–H and O–H groups in total. The van der Waals surface area contributed by atoms with Crippen LogP contribution in [-0.2, 0) is 11.2 Å². The van der Waals surface area contributed by atoms with Crippen LogP contribution in [0.5, 0.6) is 0 Å². The summed E-state index contributed by atoms with van der Waals surface area (Å²) in [5.41, 5.74) is 7.42. The molecule has 1 aliphatic heterocycles. The van der Waals surface area contributed by atoms with E-state index in [0.717, 1.165) is 16.5 Å². The molecule has 2 atom stereocenters. The van der Waals surface area contributed by atoms with Crippen LogP contribution in [0.4, 0.5) is 5.95 Å². The molecule has 0 saturated carbocycles. The summed E-state index contributed by atoms with van der Waals surface area (Å²) in [7, 11) is 0. The van der Waals surface area contributed by atoms with Crippen molar-refractivity contribution < 1.29 is 9.90 Å². The molecule has 0 saturated heterocycles. The van der Waals surface area contributed by atoms with Gasteiger partial charge in [-0.05, 0) is 24.1 Å². The third-order valence-electron chi connectivity index (χ3n) is 4.33. The quantitative estimate of drug-likeness (QED) is 0.747. The van der Waals surface area contributed by atoms with Crippen LogP contribution in [-0.4, -0.2) is 30.8 Å². The van der Waals surface area contributed by atoms with Crippen LogP contribution in [0.15, 0.2) is 36.5 Å². The van der Waals surface area contributed by atoms with Gasteiger partial charge < -0.3 is 10.8 Å². The van der Waals surface area contributed by atoms with E-state index in [2.05, 4.69) is 15.1 Å². The highest BCUT2D eigenvalue weighted by Gasteiger charge is 2.37. The van der Waals surface area contributed by atoms with E-state index in [1.54, 1.807) is 6.20 Å². The Hall–Kier alpha value is -2.96. The first-order chi connectivity index (χ1) is 11.1. The van der Waals surface area contributed by atoms with Crippen LogP contribution in [0.1, 0.15) is 29.8 Å². The molecule has 0 amide bonds. The number of aromatic nitrogens is 4. The standard InChI is InChI=1S/C16H15N5O2/c17-16-19-13-6-5-11(14(15(22)23)21(13)20-16)10-7-9-3-1-2-4-12(9)18-8-10/h1-4,7-8,11,14H,5-6H2,(H2,17,20)(H,22,23). The zero-order valence-electron chi connectivity index (χ0n) is 12.3. The van der Waals surface area contributed by atoms with Gasteiger partial charge >= 0.3 is 5.97 Å². The van der Waals surface area contributed by atoms with Gasteiger partial charge in [-0.3, -0.25) is 4.98 Å². The van der Waals surface area contributed by atoms with E-state index in [0.29, 0.717) is 18.7 Å².